The van der Waals surface area contributed by atoms with Crippen molar-refractivity contribution in [2.45, 2.75) is 32.2 Å². The standard InChI is InChI=1S/C21H27N5O2/c1-25(2)19-16-7-12-26(20(27)21(14-28-3)8-4-9-21)13-17(16)23-18(24-19)15-5-10-22-11-6-15/h5-6,10-11H,4,7-9,12-14H2,1-3H3. The fourth-order valence-corrected chi connectivity index (χ4v) is 4.22. The zero-order chi connectivity index (χ0) is 19.7. The van der Waals surface area contributed by atoms with E-state index in [4.69, 9.17) is 14.7 Å². The van der Waals surface area contributed by atoms with Gasteiger partial charge in [-0.15, -0.1) is 0 Å². The number of amides is 1. The molecule has 3 heterocycles. The van der Waals surface area contributed by atoms with E-state index >= 15 is 0 Å². The average molecular weight is 381 g/mol. The van der Waals surface area contributed by atoms with Gasteiger partial charge in [-0.25, -0.2) is 9.97 Å². The molecule has 0 N–H and O–H groups in total. The van der Waals surface area contributed by atoms with Gasteiger partial charge in [-0.3, -0.25) is 9.78 Å². The molecule has 1 aliphatic carbocycles. The van der Waals surface area contributed by atoms with Crippen molar-refractivity contribution in [2.24, 2.45) is 5.41 Å². The van der Waals surface area contributed by atoms with Gasteiger partial charge < -0.3 is 14.5 Å². The fraction of sp³-hybridized carbons (Fsp3) is 0.524. The lowest BCUT2D eigenvalue weighted by Crippen LogP contribution is -2.51. The Balaban J connectivity index is 1.67. The van der Waals surface area contributed by atoms with Crippen LogP contribution in [0, 0.1) is 5.41 Å². The maximum Gasteiger partial charge on any atom is 0.231 e. The predicted molar refractivity (Wildman–Crippen MR) is 107 cm³/mol. The highest BCUT2D eigenvalue weighted by atomic mass is 16.5. The molecule has 28 heavy (non-hydrogen) atoms. The highest BCUT2D eigenvalue weighted by molar-refractivity contribution is 5.84. The Hall–Kier alpha value is -2.54. The molecule has 2 aliphatic rings. The normalized spacial score (nSPS) is 17.6. The van der Waals surface area contributed by atoms with Crippen LogP contribution in [0.2, 0.25) is 0 Å². The number of hydrogen-bond acceptors (Lipinski definition) is 6. The molecule has 2 aromatic heterocycles. The monoisotopic (exact) mass is 381 g/mol. The maximum atomic E-state index is 13.3. The van der Waals surface area contributed by atoms with Crippen molar-refractivity contribution < 1.29 is 9.53 Å². The number of pyridine rings is 1. The number of aromatic nitrogens is 3. The Bertz CT molecular complexity index is 865. The van der Waals surface area contributed by atoms with Crippen LogP contribution in [0.4, 0.5) is 5.82 Å². The Labute approximate surface area is 165 Å². The van der Waals surface area contributed by atoms with Crippen LogP contribution in [0.25, 0.3) is 11.4 Å². The number of fused-ring (bicyclic) bond motifs is 1. The van der Waals surface area contributed by atoms with E-state index in [0.29, 0.717) is 25.5 Å². The third kappa shape index (κ3) is 3.24. The van der Waals surface area contributed by atoms with E-state index in [1.54, 1.807) is 19.5 Å². The number of nitrogens with zero attached hydrogens (tertiary/aromatic N) is 5. The summed E-state index contributed by atoms with van der Waals surface area (Å²) < 4.78 is 5.37. The minimum atomic E-state index is -0.336. The molecule has 0 bridgehead atoms. The minimum absolute atomic E-state index is 0.210. The van der Waals surface area contributed by atoms with Gasteiger partial charge in [0.15, 0.2) is 5.82 Å². The van der Waals surface area contributed by atoms with E-state index < -0.39 is 0 Å². The first-order valence-electron chi connectivity index (χ1n) is 9.80. The summed E-state index contributed by atoms with van der Waals surface area (Å²) in [5.74, 6) is 1.82. The summed E-state index contributed by atoms with van der Waals surface area (Å²) in [5, 5.41) is 0. The van der Waals surface area contributed by atoms with E-state index in [1.807, 2.05) is 36.0 Å². The Morgan fingerprint density at radius 2 is 2.00 bits per heavy atom. The first-order chi connectivity index (χ1) is 13.5. The molecule has 0 unspecified atom stereocenters. The molecule has 0 spiro atoms. The van der Waals surface area contributed by atoms with Gasteiger partial charge >= 0.3 is 0 Å². The average Bonchev–Trinajstić information content (AvgIpc) is 2.69. The second-order valence-electron chi connectivity index (χ2n) is 7.97. The van der Waals surface area contributed by atoms with Gasteiger partial charge in [0.05, 0.1) is 24.3 Å². The van der Waals surface area contributed by atoms with E-state index in [2.05, 4.69) is 4.98 Å². The number of rotatable bonds is 5. The summed E-state index contributed by atoms with van der Waals surface area (Å²) in [6.45, 7) is 1.74. The van der Waals surface area contributed by atoms with E-state index in [-0.39, 0.29) is 11.3 Å². The van der Waals surface area contributed by atoms with Crippen LogP contribution in [-0.2, 0) is 22.5 Å². The topological polar surface area (TPSA) is 71.5 Å². The lowest BCUT2D eigenvalue weighted by atomic mass is 9.68. The summed E-state index contributed by atoms with van der Waals surface area (Å²) in [7, 11) is 5.67. The number of methoxy groups -OCH3 is 1. The van der Waals surface area contributed by atoms with Crippen LogP contribution < -0.4 is 4.90 Å². The Morgan fingerprint density at radius 1 is 1.25 bits per heavy atom. The van der Waals surface area contributed by atoms with E-state index in [9.17, 15) is 4.79 Å². The van der Waals surface area contributed by atoms with Crippen LogP contribution in [-0.4, -0.2) is 60.1 Å². The van der Waals surface area contributed by atoms with Gasteiger partial charge in [0.25, 0.3) is 0 Å². The van der Waals surface area contributed by atoms with Crippen molar-refractivity contribution in [1.29, 1.82) is 0 Å². The number of carbonyl (C=O) groups is 1. The van der Waals surface area contributed by atoms with E-state index in [1.165, 1.54) is 0 Å². The Morgan fingerprint density at radius 3 is 2.61 bits per heavy atom. The van der Waals surface area contributed by atoms with Crippen LogP contribution >= 0.6 is 0 Å². The summed E-state index contributed by atoms with van der Waals surface area (Å²) in [6, 6.07) is 3.82. The molecule has 0 radical (unpaired) electrons. The molecule has 1 aliphatic heterocycles. The molecule has 1 fully saturated rings. The van der Waals surface area contributed by atoms with Crippen LogP contribution in [0.15, 0.2) is 24.5 Å². The molecule has 0 saturated heterocycles. The summed E-state index contributed by atoms with van der Waals surface area (Å²) in [4.78, 5) is 31.0. The zero-order valence-electron chi connectivity index (χ0n) is 16.8. The van der Waals surface area contributed by atoms with Crippen molar-refractivity contribution in [3.8, 4) is 11.4 Å². The lowest BCUT2D eigenvalue weighted by molar-refractivity contribution is -0.153. The maximum absolute atomic E-state index is 13.3. The van der Waals surface area contributed by atoms with Crippen LogP contribution in [0.5, 0.6) is 0 Å². The molecule has 7 nitrogen and oxygen atoms in total. The van der Waals surface area contributed by atoms with Crippen molar-refractivity contribution in [3.63, 3.8) is 0 Å². The van der Waals surface area contributed by atoms with Crippen molar-refractivity contribution in [1.82, 2.24) is 19.9 Å². The summed E-state index contributed by atoms with van der Waals surface area (Å²) in [6.07, 6.45) is 7.19. The van der Waals surface area contributed by atoms with Crippen molar-refractivity contribution >= 4 is 11.7 Å². The number of anilines is 1. The molecule has 1 saturated carbocycles. The van der Waals surface area contributed by atoms with Crippen LogP contribution in [0.1, 0.15) is 30.5 Å². The first kappa shape index (κ1) is 18.8. The molecule has 0 aromatic carbocycles. The molecule has 0 atom stereocenters. The molecule has 2 aromatic rings. The number of carbonyl (C=O) groups excluding carboxylic acids is 1. The van der Waals surface area contributed by atoms with Crippen molar-refractivity contribution in [2.75, 3.05) is 39.3 Å². The fourth-order valence-electron chi connectivity index (χ4n) is 4.22. The molecule has 148 valence electrons. The summed E-state index contributed by atoms with van der Waals surface area (Å²) in [5.41, 5.74) is 2.68. The largest absolute Gasteiger partial charge is 0.384 e. The number of hydrogen-bond donors (Lipinski definition) is 0. The number of ether oxygens (including phenoxy) is 1. The van der Waals surface area contributed by atoms with Crippen molar-refractivity contribution in [3.05, 3.63) is 35.8 Å². The highest BCUT2D eigenvalue weighted by Crippen LogP contribution is 2.43. The van der Waals surface area contributed by atoms with Crippen LogP contribution in [0.3, 0.4) is 0 Å². The molecular formula is C21H27N5O2. The van der Waals surface area contributed by atoms with Gasteiger partial charge in [-0.2, -0.15) is 0 Å². The smallest absolute Gasteiger partial charge is 0.231 e. The van der Waals surface area contributed by atoms with Gasteiger partial charge in [-0.05, 0) is 31.4 Å². The quantitative estimate of drug-likeness (QED) is 0.791. The molecule has 4 rings (SSSR count). The third-order valence-corrected chi connectivity index (χ3v) is 5.88. The van der Waals surface area contributed by atoms with E-state index in [0.717, 1.165) is 48.3 Å². The first-order valence-corrected chi connectivity index (χ1v) is 9.80. The highest BCUT2D eigenvalue weighted by Gasteiger charge is 2.47. The minimum Gasteiger partial charge on any atom is -0.384 e. The second-order valence-corrected chi connectivity index (χ2v) is 7.97. The lowest BCUT2D eigenvalue weighted by Gasteiger charge is -2.44. The van der Waals surface area contributed by atoms with Gasteiger partial charge in [0, 0.05) is 51.3 Å². The molecule has 7 heteroatoms. The zero-order valence-corrected chi connectivity index (χ0v) is 16.8. The second kappa shape index (κ2) is 7.47. The predicted octanol–water partition coefficient (Wildman–Crippen LogP) is 2.31. The summed E-state index contributed by atoms with van der Waals surface area (Å²) >= 11 is 0. The van der Waals surface area contributed by atoms with Gasteiger partial charge in [0.1, 0.15) is 5.82 Å². The van der Waals surface area contributed by atoms with Gasteiger partial charge in [0.2, 0.25) is 5.91 Å². The Kier molecular flexibility index (Phi) is 5.02. The third-order valence-electron chi connectivity index (χ3n) is 5.88. The molecular weight excluding hydrogens is 354 g/mol. The molecule has 1 amide bonds. The van der Waals surface area contributed by atoms with Gasteiger partial charge in [-0.1, -0.05) is 6.42 Å². The SMILES string of the molecule is COCC1(C(=O)N2CCc3c(nc(-c4ccncc4)nc3N(C)C)C2)CCC1.